The average molecular weight is 314 g/mol. The molecule has 3 saturated heterocycles. The summed E-state index contributed by atoms with van der Waals surface area (Å²) in [6.45, 7) is 7.43. The summed E-state index contributed by atoms with van der Waals surface area (Å²) in [5, 5.41) is 0. The second-order valence-corrected chi connectivity index (χ2v) is 6.94. The van der Waals surface area contributed by atoms with Crippen LogP contribution in [0, 0.1) is 5.92 Å². The zero-order valence-corrected chi connectivity index (χ0v) is 14.0. The van der Waals surface area contributed by atoms with Gasteiger partial charge in [0.05, 0.1) is 5.92 Å². The Morgan fingerprint density at radius 2 is 2.22 bits per heavy atom. The SMILES string of the molecule is CC(C)=CCN1C(=O)C2CCC1CN(Cc1cccnc1N)C2. The summed E-state index contributed by atoms with van der Waals surface area (Å²) in [5.74, 6) is 1.04. The van der Waals surface area contributed by atoms with Gasteiger partial charge in [-0.15, -0.1) is 0 Å². The van der Waals surface area contributed by atoms with Gasteiger partial charge in [-0.05, 0) is 32.8 Å². The third-order valence-corrected chi connectivity index (χ3v) is 4.89. The summed E-state index contributed by atoms with van der Waals surface area (Å²) in [7, 11) is 0. The van der Waals surface area contributed by atoms with Crippen molar-refractivity contribution in [1.82, 2.24) is 14.8 Å². The molecule has 0 radical (unpaired) electrons. The Balaban J connectivity index is 1.74. The van der Waals surface area contributed by atoms with Crippen LogP contribution >= 0.6 is 0 Å². The fraction of sp³-hybridized carbons (Fsp3) is 0.556. The molecular weight excluding hydrogens is 288 g/mol. The smallest absolute Gasteiger partial charge is 0.227 e. The molecule has 1 aromatic heterocycles. The predicted octanol–water partition coefficient (Wildman–Crippen LogP) is 2.05. The van der Waals surface area contributed by atoms with Crippen LogP contribution in [0.5, 0.6) is 0 Å². The van der Waals surface area contributed by atoms with E-state index in [1.807, 2.05) is 12.1 Å². The molecule has 1 amide bonds. The molecule has 0 aromatic carbocycles. The molecule has 3 aliphatic heterocycles. The number of anilines is 1. The average Bonchev–Trinajstić information content (AvgIpc) is 2.78. The lowest BCUT2D eigenvalue weighted by Crippen LogP contribution is -2.47. The fourth-order valence-electron chi connectivity index (χ4n) is 3.61. The van der Waals surface area contributed by atoms with Gasteiger partial charge in [0.15, 0.2) is 0 Å². The lowest BCUT2D eigenvalue weighted by atomic mass is 9.94. The lowest BCUT2D eigenvalue weighted by Gasteiger charge is -2.35. The van der Waals surface area contributed by atoms with Gasteiger partial charge in [0.2, 0.25) is 5.91 Å². The highest BCUT2D eigenvalue weighted by Crippen LogP contribution is 2.30. The Kier molecular flexibility index (Phi) is 4.66. The lowest BCUT2D eigenvalue weighted by molar-refractivity contribution is -0.139. The third kappa shape index (κ3) is 3.55. The number of fused-ring (bicyclic) bond motifs is 4. The van der Waals surface area contributed by atoms with Crippen LogP contribution in [0.25, 0.3) is 0 Å². The van der Waals surface area contributed by atoms with Crippen molar-refractivity contribution in [1.29, 1.82) is 0 Å². The van der Waals surface area contributed by atoms with Crippen molar-refractivity contribution < 1.29 is 4.79 Å². The molecule has 4 heterocycles. The highest BCUT2D eigenvalue weighted by Gasteiger charge is 2.40. The Bertz CT molecular complexity index is 609. The predicted molar refractivity (Wildman–Crippen MR) is 91.6 cm³/mol. The molecule has 2 atom stereocenters. The van der Waals surface area contributed by atoms with E-state index in [4.69, 9.17) is 5.73 Å². The molecule has 0 saturated carbocycles. The minimum absolute atomic E-state index is 0.122. The Morgan fingerprint density at radius 3 is 2.96 bits per heavy atom. The highest BCUT2D eigenvalue weighted by atomic mass is 16.2. The Hall–Kier alpha value is -1.88. The molecule has 1 aromatic rings. The van der Waals surface area contributed by atoms with Crippen LogP contribution in [-0.4, -0.2) is 46.4 Å². The summed E-state index contributed by atoms with van der Waals surface area (Å²) >= 11 is 0. The summed E-state index contributed by atoms with van der Waals surface area (Å²) in [6.07, 6.45) is 5.98. The van der Waals surface area contributed by atoms with Gasteiger partial charge in [-0.2, -0.15) is 0 Å². The maximum absolute atomic E-state index is 12.7. The molecule has 2 bridgehead atoms. The van der Waals surface area contributed by atoms with Crippen molar-refractivity contribution in [2.75, 3.05) is 25.4 Å². The second kappa shape index (κ2) is 6.71. The first kappa shape index (κ1) is 16.0. The maximum atomic E-state index is 12.7. The van der Waals surface area contributed by atoms with E-state index < -0.39 is 0 Å². The van der Waals surface area contributed by atoms with E-state index in [2.05, 4.69) is 34.7 Å². The number of nitrogens with two attached hydrogens (primary N) is 1. The maximum Gasteiger partial charge on any atom is 0.227 e. The molecule has 4 rings (SSSR count). The first-order valence-electron chi connectivity index (χ1n) is 8.40. The van der Waals surface area contributed by atoms with E-state index in [0.717, 1.165) is 44.6 Å². The number of hydrogen-bond acceptors (Lipinski definition) is 4. The van der Waals surface area contributed by atoms with Crippen molar-refractivity contribution in [2.45, 2.75) is 39.3 Å². The van der Waals surface area contributed by atoms with E-state index in [9.17, 15) is 4.79 Å². The number of rotatable bonds is 4. The highest BCUT2D eigenvalue weighted by molar-refractivity contribution is 5.80. The van der Waals surface area contributed by atoms with Gasteiger partial charge in [-0.1, -0.05) is 17.7 Å². The zero-order valence-electron chi connectivity index (χ0n) is 14.0. The van der Waals surface area contributed by atoms with E-state index in [1.165, 1.54) is 5.57 Å². The van der Waals surface area contributed by atoms with Gasteiger partial charge in [0.1, 0.15) is 5.82 Å². The van der Waals surface area contributed by atoms with Crippen LogP contribution in [0.2, 0.25) is 0 Å². The molecule has 0 spiro atoms. The van der Waals surface area contributed by atoms with E-state index in [1.54, 1.807) is 6.20 Å². The van der Waals surface area contributed by atoms with Crippen molar-refractivity contribution in [3.8, 4) is 0 Å². The van der Waals surface area contributed by atoms with Gasteiger partial charge in [0.25, 0.3) is 0 Å². The van der Waals surface area contributed by atoms with Gasteiger partial charge in [-0.25, -0.2) is 4.98 Å². The summed E-state index contributed by atoms with van der Waals surface area (Å²) < 4.78 is 0. The number of piperidine rings is 1. The number of hydrogen-bond donors (Lipinski definition) is 1. The third-order valence-electron chi connectivity index (χ3n) is 4.89. The normalized spacial score (nSPS) is 24.6. The molecule has 0 aliphatic carbocycles. The summed E-state index contributed by atoms with van der Waals surface area (Å²) in [4.78, 5) is 21.3. The minimum atomic E-state index is 0.122. The number of allylic oxidation sites excluding steroid dienone is 1. The Morgan fingerprint density at radius 1 is 1.39 bits per heavy atom. The number of pyridine rings is 1. The molecule has 2 unspecified atom stereocenters. The largest absolute Gasteiger partial charge is 0.383 e. The van der Waals surface area contributed by atoms with Gasteiger partial charge in [-0.3, -0.25) is 9.69 Å². The van der Waals surface area contributed by atoms with E-state index >= 15 is 0 Å². The monoisotopic (exact) mass is 314 g/mol. The zero-order chi connectivity index (χ0) is 16.4. The van der Waals surface area contributed by atoms with Crippen molar-refractivity contribution in [3.63, 3.8) is 0 Å². The molecule has 3 aliphatic rings. The first-order valence-corrected chi connectivity index (χ1v) is 8.40. The molecule has 23 heavy (non-hydrogen) atoms. The molecule has 124 valence electrons. The van der Waals surface area contributed by atoms with Crippen molar-refractivity contribution >= 4 is 11.7 Å². The van der Waals surface area contributed by atoms with Gasteiger partial charge in [0, 0.05) is 44.0 Å². The minimum Gasteiger partial charge on any atom is -0.383 e. The molecule has 2 N–H and O–H groups in total. The first-order chi connectivity index (χ1) is 11.0. The molecule has 3 fully saturated rings. The van der Waals surface area contributed by atoms with E-state index in [0.29, 0.717) is 17.8 Å². The Labute approximate surface area is 138 Å². The fourth-order valence-corrected chi connectivity index (χ4v) is 3.61. The second-order valence-electron chi connectivity index (χ2n) is 6.94. The number of nitrogen functional groups attached to an aromatic ring is 1. The van der Waals surface area contributed by atoms with Crippen LogP contribution in [0.15, 0.2) is 30.0 Å². The number of nitrogens with zero attached hydrogens (tertiary/aromatic N) is 3. The number of aromatic nitrogens is 1. The van der Waals surface area contributed by atoms with Crippen LogP contribution in [-0.2, 0) is 11.3 Å². The van der Waals surface area contributed by atoms with Crippen molar-refractivity contribution in [3.05, 3.63) is 35.5 Å². The molecule has 5 heteroatoms. The number of amides is 1. The van der Waals surface area contributed by atoms with Crippen LogP contribution < -0.4 is 5.73 Å². The van der Waals surface area contributed by atoms with Gasteiger partial charge >= 0.3 is 0 Å². The topological polar surface area (TPSA) is 62.5 Å². The standard InChI is InChI=1S/C18H26N4O/c1-13(2)7-9-22-16-6-5-15(18(22)23)11-21(12-16)10-14-4-3-8-20-17(14)19/h3-4,7-8,15-16H,5-6,9-12H2,1-2H3,(H2,19,20). The van der Waals surface area contributed by atoms with Crippen LogP contribution in [0.1, 0.15) is 32.3 Å². The van der Waals surface area contributed by atoms with Crippen LogP contribution in [0.4, 0.5) is 5.82 Å². The summed E-state index contributed by atoms with van der Waals surface area (Å²) in [5.41, 5.74) is 8.29. The molecular formula is C18H26N4O. The van der Waals surface area contributed by atoms with Crippen molar-refractivity contribution in [2.24, 2.45) is 5.92 Å². The number of carbonyl (C=O) groups excluding carboxylic acids is 1. The quantitative estimate of drug-likeness (QED) is 0.864. The molecule has 5 nitrogen and oxygen atoms in total. The van der Waals surface area contributed by atoms with Crippen LogP contribution in [0.3, 0.4) is 0 Å². The summed E-state index contributed by atoms with van der Waals surface area (Å²) in [6, 6.07) is 4.26. The number of carbonyl (C=O) groups is 1. The van der Waals surface area contributed by atoms with E-state index in [-0.39, 0.29) is 5.92 Å². The van der Waals surface area contributed by atoms with Gasteiger partial charge < -0.3 is 10.6 Å².